The van der Waals surface area contributed by atoms with Crippen molar-refractivity contribution in [3.63, 3.8) is 0 Å². The molecule has 0 radical (unpaired) electrons. The molecule has 2 atom stereocenters. The van der Waals surface area contributed by atoms with Gasteiger partial charge in [0.25, 0.3) is 0 Å². The molecular formula is C15H26N2S2. The maximum Gasteiger partial charge on any atom is 0.157 e. The van der Waals surface area contributed by atoms with Crippen LogP contribution >= 0.6 is 23.5 Å². The Morgan fingerprint density at radius 1 is 1.21 bits per heavy atom. The number of amidine groups is 1. The van der Waals surface area contributed by atoms with Gasteiger partial charge in [0.05, 0.1) is 6.04 Å². The van der Waals surface area contributed by atoms with Gasteiger partial charge in [0.1, 0.15) is 0 Å². The minimum absolute atomic E-state index is 0.412. The molecule has 0 bridgehead atoms. The highest BCUT2D eigenvalue weighted by Gasteiger charge is 2.38. The van der Waals surface area contributed by atoms with Crippen molar-refractivity contribution < 1.29 is 0 Å². The van der Waals surface area contributed by atoms with Crippen molar-refractivity contribution in [3.05, 3.63) is 0 Å². The van der Waals surface area contributed by atoms with E-state index in [1.54, 1.807) is 0 Å². The number of hydrogen-bond donors (Lipinski definition) is 1. The first-order valence-corrected chi connectivity index (χ1v) is 10.1. The fourth-order valence-electron chi connectivity index (χ4n) is 3.69. The summed E-state index contributed by atoms with van der Waals surface area (Å²) >= 11 is 4.01. The third-order valence-electron chi connectivity index (χ3n) is 4.90. The molecule has 0 amide bonds. The van der Waals surface area contributed by atoms with Crippen LogP contribution in [0.15, 0.2) is 4.99 Å². The highest BCUT2D eigenvalue weighted by Crippen LogP contribution is 2.37. The zero-order valence-electron chi connectivity index (χ0n) is 12.0. The fraction of sp³-hybridized carbons (Fsp3) is 0.933. The van der Waals surface area contributed by atoms with Gasteiger partial charge in [-0.2, -0.15) is 11.8 Å². The quantitative estimate of drug-likeness (QED) is 0.832. The van der Waals surface area contributed by atoms with Gasteiger partial charge in [0.2, 0.25) is 0 Å². The Kier molecular flexibility index (Phi) is 4.68. The van der Waals surface area contributed by atoms with Gasteiger partial charge < -0.3 is 5.32 Å². The van der Waals surface area contributed by atoms with Crippen molar-refractivity contribution in [2.24, 2.45) is 4.99 Å². The average Bonchev–Trinajstić information content (AvgIpc) is 2.82. The van der Waals surface area contributed by atoms with Crippen LogP contribution in [0.4, 0.5) is 0 Å². The summed E-state index contributed by atoms with van der Waals surface area (Å²) in [4.78, 5) is 5.04. The molecule has 0 aromatic rings. The van der Waals surface area contributed by atoms with E-state index in [0.717, 1.165) is 5.25 Å². The smallest absolute Gasteiger partial charge is 0.157 e. The predicted molar refractivity (Wildman–Crippen MR) is 88.4 cm³/mol. The van der Waals surface area contributed by atoms with Crippen molar-refractivity contribution in [1.82, 2.24) is 5.32 Å². The first-order valence-electron chi connectivity index (χ1n) is 7.81. The summed E-state index contributed by atoms with van der Waals surface area (Å²) < 4.78 is 0. The van der Waals surface area contributed by atoms with Gasteiger partial charge in [-0.05, 0) is 38.4 Å². The van der Waals surface area contributed by atoms with Crippen LogP contribution in [0.3, 0.4) is 0 Å². The van der Waals surface area contributed by atoms with Crippen LogP contribution in [-0.4, -0.2) is 34.0 Å². The van der Waals surface area contributed by atoms with Gasteiger partial charge in [-0.1, -0.05) is 37.4 Å². The molecule has 0 aromatic carbocycles. The van der Waals surface area contributed by atoms with Crippen molar-refractivity contribution >= 4 is 28.7 Å². The molecule has 19 heavy (non-hydrogen) atoms. The van der Waals surface area contributed by atoms with Gasteiger partial charge in [0, 0.05) is 16.5 Å². The summed E-state index contributed by atoms with van der Waals surface area (Å²) in [7, 11) is 0. The van der Waals surface area contributed by atoms with E-state index in [1.165, 1.54) is 68.7 Å². The van der Waals surface area contributed by atoms with E-state index in [-0.39, 0.29) is 0 Å². The van der Waals surface area contributed by atoms with Crippen LogP contribution in [0.1, 0.15) is 57.8 Å². The van der Waals surface area contributed by atoms with E-state index in [2.05, 4.69) is 11.6 Å². The molecule has 2 unspecified atom stereocenters. The molecule has 1 saturated heterocycles. The molecule has 4 heteroatoms. The maximum absolute atomic E-state index is 5.04. The number of rotatable bonds is 2. The second kappa shape index (κ2) is 6.30. The normalized spacial score (nSPS) is 36.6. The summed E-state index contributed by atoms with van der Waals surface area (Å²) in [6.45, 7) is 0. The van der Waals surface area contributed by atoms with E-state index in [9.17, 15) is 0 Å². The van der Waals surface area contributed by atoms with Crippen LogP contribution < -0.4 is 5.32 Å². The van der Waals surface area contributed by atoms with Crippen molar-refractivity contribution in [3.8, 4) is 0 Å². The third-order valence-corrected chi connectivity index (χ3v) is 7.17. The Bertz CT molecular complexity index is 337. The maximum atomic E-state index is 5.04. The fourth-order valence-corrected chi connectivity index (χ4v) is 5.79. The van der Waals surface area contributed by atoms with Gasteiger partial charge in [-0.25, -0.2) is 0 Å². The lowest BCUT2D eigenvalue weighted by molar-refractivity contribution is 0.303. The summed E-state index contributed by atoms with van der Waals surface area (Å²) in [5.74, 6) is 1.25. The lowest BCUT2D eigenvalue weighted by Crippen LogP contribution is -2.45. The molecule has 2 saturated carbocycles. The Morgan fingerprint density at radius 2 is 2.05 bits per heavy atom. The Morgan fingerprint density at radius 3 is 2.84 bits per heavy atom. The lowest BCUT2D eigenvalue weighted by Gasteiger charge is -2.33. The average molecular weight is 299 g/mol. The molecule has 3 fully saturated rings. The second-order valence-electron chi connectivity index (χ2n) is 6.37. The Hall–Kier alpha value is 0.170. The zero-order valence-corrected chi connectivity index (χ0v) is 13.6. The number of aliphatic imine (C=N–C) groups is 1. The summed E-state index contributed by atoms with van der Waals surface area (Å²) in [5.41, 5.74) is 0.412. The molecule has 1 spiro atoms. The molecule has 1 N–H and O–H groups in total. The largest absolute Gasteiger partial charge is 0.359 e. The van der Waals surface area contributed by atoms with E-state index in [0.29, 0.717) is 11.6 Å². The monoisotopic (exact) mass is 298 g/mol. The van der Waals surface area contributed by atoms with Crippen molar-refractivity contribution in [2.45, 2.75) is 74.6 Å². The highest BCUT2D eigenvalue weighted by atomic mass is 32.2. The molecule has 2 nitrogen and oxygen atoms in total. The third kappa shape index (κ3) is 3.44. The minimum Gasteiger partial charge on any atom is -0.359 e. The summed E-state index contributed by atoms with van der Waals surface area (Å²) in [6.07, 6.45) is 14.6. The van der Waals surface area contributed by atoms with Crippen LogP contribution in [0.5, 0.6) is 0 Å². The van der Waals surface area contributed by atoms with Gasteiger partial charge in [-0.3, -0.25) is 4.99 Å². The van der Waals surface area contributed by atoms with E-state index in [1.807, 2.05) is 23.5 Å². The number of nitrogens with one attached hydrogen (secondary N) is 1. The number of nitrogens with zero attached hydrogens (tertiary/aromatic N) is 1. The second-order valence-corrected chi connectivity index (χ2v) is 8.47. The van der Waals surface area contributed by atoms with Gasteiger partial charge >= 0.3 is 0 Å². The van der Waals surface area contributed by atoms with Crippen LogP contribution in [0.25, 0.3) is 0 Å². The van der Waals surface area contributed by atoms with Crippen LogP contribution in [-0.2, 0) is 0 Å². The van der Waals surface area contributed by atoms with E-state index < -0.39 is 0 Å². The summed E-state index contributed by atoms with van der Waals surface area (Å²) in [6, 6.07) is 0.583. The van der Waals surface area contributed by atoms with Gasteiger partial charge in [-0.15, -0.1) is 0 Å². The van der Waals surface area contributed by atoms with Crippen molar-refractivity contribution in [1.29, 1.82) is 0 Å². The SMILES string of the molecule is CSC1CCCC(N=C2NC3(CCCCC3)CS2)C1. The van der Waals surface area contributed by atoms with Gasteiger partial charge in [0.15, 0.2) is 5.17 Å². The minimum atomic E-state index is 0.412. The number of thioether (sulfide) groups is 2. The molecule has 3 aliphatic rings. The Balaban J connectivity index is 1.59. The van der Waals surface area contributed by atoms with Crippen LogP contribution in [0, 0.1) is 0 Å². The highest BCUT2D eigenvalue weighted by molar-refractivity contribution is 8.14. The molecular weight excluding hydrogens is 272 g/mol. The van der Waals surface area contributed by atoms with E-state index in [4.69, 9.17) is 4.99 Å². The molecule has 108 valence electrons. The molecule has 3 rings (SSSR count). The molecule has 2 aliphatic carbocycles. The zero-order chi connectivity index (χ0) is 13.1. The number of hydrogen-bond acceptors (Lipinski definition) is 3. The van der Waals surface area contributed by atoms with Crippen molar-refractivity contribution in [2.75, 3.05) is 12.0 Å². The summed E-state index contributed by atoms with van der Waals surface area (Å²) in [5, 5.41) is 5.90. The first-order chi connectivity index (χ1) is 9.30. The Labute approximate surface area is 126 Å². The molecule has 0 aromatic heterocycles. The molecule has 1 heterocycles. The van der Waals surface area contributed by atoms with E-state index >= 15 is 0 Å². The predicted octanol–water partition coefficient (Wildman–Crippen LogP) is 4.06. The lowest BCUT2D eigenvalue weighted by atomic mass is 9.83. The van der Waals surface area contributed by atoms with Crippen LogP contribution in [0.2, 0.25) is 0 Å². The standard InChI is InChI=1S/C15H26N2S2/c1-18-13-7-5-6-12(10-13)16-14-17-15(11-19-14)8-3-2-4-9-15/h12-13H,2-11H2,1H3,(H,16,17). The molecule has 1 aliphatic heterocycles. The first kappa shape index (κ1) is 14.1. The topological polar surface area (TPSA) is 24.4 Å².